The molecule has 0 unspecified atom stereocenters. The lowest BCUT2D eigenvalue weighted by atomic mass is 10.2. The van der Waals surface area contributed by atoms with Crippen molar-refractivity contribution >= 4 is 10.2 Å². The molecule has 0 saturated heterocycles. The van der Waals surface area contributed by atoms with E-state index in [2.05, 4.69) is 14.8 Å². The largest absolute Gasteiger partial charge is 0.279 e. The molecule has 1 N–H and O–H groups in total. The quantitative estimate of drug-likeness (QED) is 0.795. The fraction of sp³-hybridized carbons (Fsp3) is 0.429. The van der Waals surface area contributed by atoms with Crippen LogP contribution >= 0.6 is 0 Å². The van der Waals surface area contributed by atoms with Crippen molar-refractivity contribution in [1.82, 2.24) is 23.8 Å². The minimum atomic E-state index is -3.46. The molecule has 22 heavy (non-hydrogen) atoms. The van der Waals surface area contributed by atoms with Crippen molar-refractivity contribution in [3.05, 3.63) is 42.4 Å². The summed E-state index contributed by atoms with van der Waals surface area (Å²) in [4.78, 5) is 4.21. The normalized spacial score (nSPS) is 12.0. The monoisotopic (exact) mass is 323 g/mol. The molecule has 0 aliphatic rings. The molecule has 0 radical (unpaired) electrons. The van der Waals surface area contributed by atoms with Gasteiger partial charge in [-0.3, -0.25) is 0 Å². The van der Waals surface area contributed by atoms with Crippen molar-refractivity contribution in [1.29, 1.82) is 0 Å². The zero-order valence-electron chi connectivity index (χ0n) is 12.8. The second kappa shape index (κ2) is 7.48. The van der Waals surface area contributed by atoms with Crippen molar-refractivity contribution in [2.45, 2.75) is 26.3 Å². The Morgan fingerprint density at radius 1 is 1.36 bits per heavy atom. The van der Waals surface area contributed by atoms with E-state index in [1.54, 1.807) is 42.5 Å². The van der Waals surface area contributed by atoms with E-state index in [-0.39, 0.29) is 6.54 Å². The van der Waals surface area contributed by atoms with Crippen LogP contribution < -0.4 is 4.72 Å². The minimum absolute atomic E-state index is 0.218. The Morgan fingerprint density at radius 3 is 2.86 bits per heavy atom. The Morgan fingerprint density at radius 2 is 2.18 bits per heavy atom. The van der Waals surface area contributed by atoms with E-state index >= 15 is 0 Å². The molecule has 0 atom stereocenters. The first-order valence-corrected chi connectivity index (χ1v) is 8.63. The highest BCUT2D eigenvalue weighted by molar-refractivity contribution is 7.87. The Bertz CT molecular complexity index is 685. The summed E-state index contributed by atoms with van der Waals surface area (Å²) in [6.07, 6.45) is 6.89. The van der Waals surface area contributed by atoms with Crippen molar-refractivity contribution in [3.8, 4) is 5.82 Å². The van der Waals surface area contributed by atoms with Crippen LogP contribution in [0.3, 0.4) is 0 Å². The summed E-state index contributed by atoms with van der Waals surface area (Å²) in [6, 6.07) is 5.39. The van der Waals surface area contributed by atoms with E-state index < -0.39 is 10.2 Å². The van der Waals surface area contributed by atoms with Gasteiger partial charge in [-0.15, -0.1) is 0 Å². The molecule has 0 aliphatic heterocycles. The number of unbranched alkanes of at least 4 members (excludes halogenated alkanes) is 1. The lowest BCUT2D eigenvalue weighted by Gasteiger charge is -2.17. The standard InChI is InChI=1S/C14H21N5O2S/c1-3-4-9-18(2)22(20,21)17-12-13-6-8-15-14(11-13)19-10-5-7-16-19/h5-8,10-11,17H,3-4,9,12H2,1-2H3. The van der Waals surface area contributed by atoms with E-state index in [0.29, 0.717) is 12.4 Å². The second-order valence-corrected chi connectivity index (χ2v) is 6.84. The maximum absolute atomic E-state index is 12.1. The Kier molecular flexibility index (Phi) is 5.64. The summed E-state index contributed by atoms with van der Waals surface area (Å²) < 4.78 is 29.8. The molecular weight excluding hydrogens is 302 g/mol. The van der Waals surface area contributed by atoms with E-state index in [4.69, 9.17) is 0 Å². The highest BCUT2D eigenvalue weighted by Gasteiger charge is 2.16. The van der Waals surface area contributed by atoms with Gasteiger partial charge in [0, 0.05) is 38.7 Å². The zero-order chi connectivity index (χ0) is 16.0. The summed E-state index contributed by atoms with van der Waals surface area (Å²) >= 11 is 0. The molecular formula is C14H21N5O2S. The molecule has 2 heterocycles. The lowest BCUT2D eigenvalue weighted by molar-refractivity contribution is 0.448. The summed E-state index contributed by atoms with van der Waals surface area (Å²) in [7, 11) is -1.87. The van der Waals surface area contributed by atoms with Crippen LogP contribution in [0.4, 0.5) is 0 Å². The third-order valence-corrected chi connectivity index (χ3v) is 4.76. The van der Waals surface area contributed by atoms with E-state index in [9.17, 15) is 8.42 Å². The van der Waals surface area contributed by atoms with E-state index in [1.807, 2.05) is 13.0 Å². The number of pyridine rings is 1. The first-order chi connectivity index (χ1) is 10.5. The van der Waals surface area contributed by atoms with Gasteiger partial charge in [-0.2, -0.15) is 22.5 Å². The van der Waals surface area contributed by atoms with Crippen molar-refractivity contribution in [3.63, 3.8) is 0 Å². The van der Waals surface area contributed by atoms with Gasteiger partial charge in [0.15, 0.2) is 5.82 Å². The average Bonchev–Trinajstić information content (AvgIpc) is 3.05. The molecule has 0 spiro atoms. The molecule has 7 nitrogen and oxygen atoms in total. The SMILES string of the molecule is CCCCN(C)S(=O)(=O)NCc1ccnc(-n2cccn2)c1. The van der Waals surface area contributed by atoms with Crippen LogP contribution in [-0.4, -0.2) is 41.1 Å². The highest BCUT2D eigenvalue weighted by Crippen LogP contribution is 2.07. The molecule has 2 aromatic heterocycles. The second-order valence-electron chi connectivity index (χ2n) is 4.97. The van der Waals surface area contributed by atoms with Gasteiger partial charge >= 0.3 is 0 Å². The first-order valence-electron chi connectivity index (χ1n) is 7.19. The number of nitrogens with one attached hydrogen (secondary N) is 1. The molecule has 120 valence electrons. The smallest absolute Gasteiger partial charge is 0.237 e. The zero-order valence-corrected chi connectivity index (χ0v) is 13.6. The van der Waals surface area contributed by atoms with Gasteiger partial charge in [0.25, 0.3) is 10.2 Å². The number of nitrogens with zero attached hydrogens (tertiary/aromatic N) is 4. The van der Waals surface area contributed by atoms with Gasteiger partial charge < -0.3 is 0 Å². The van der Waals surface area contributed by atoms with Crippen LogP contribution in [0.2, 0.25) is 0 Å². The molecule has 8 heteroatoms. The predicted octanol–water partition coefficient (Wildman–Crippen LogP) is 1.33. The molecule has 0 aliphatic carbocycles. The number of hydrogen-bond donors (Lipinski definition) is 1. The first kappa shape index (κ1) is 16.6. The molecule has 0 saturated carbocycles. The van der Waals surface area contributed by atoms with Crippen molar-refractivity contribution in [2.24, 2.45) is 0 Å². The molecule has 0 amide bonds. The molecule has 0 fully saturated rings. The maximum Gasteiger partial charge on any atom is 0.279 e. The van der Waals surface area contributed by atoms with Gasteiger partial charge in [0.1, 0.15) is 0 Å². The third kappa shape index (κ3) is 4.36. The molecule has 0 aromatic carbocycles. The topological polar surface area (TPSA) is 80.1 Å². The predicted molar refractivity (Wildman–Crippen MR) is 84.7 cm³/mol. The molecule has 2 rings (SSSR count). The van der Waals surface area contributed by atoms with Crippen molar-refractivity contribution in [2.75, 3.05) is 13.6 Å². The van der Waals surface area contributed by atoms with Gasteiger partial charge in [-0.05, 0) is 30.2 Å². The number of aromatic nitrogens is 3. The summed E-state index contributed by atoms with van der Waals surface area (Å²) in [5.74, 6) is 0.654. The fourth-order valence-electron chi connectivity index (χ4n) is 1.89. The summed E-state index contributed by atoms with van der Waals surface area (Å²) in [6.45, 7) is 2.76. The average molecular weight is 323 g/mol. The van der Waals surface area contributed by atoms with Gasteiger partial charge in [0.2, 0.25) is 0 Å². The Balaban J connectivity index is 2.01. The summed E-state index contributed by atoms with van der Waals surface area (Å²) in [5, 5.41) is 4.11. The highest BCUT2D eigenvalue weighted by atomic mass is 32.2. The van der Waals surface area contributed by atoms with Crippen LogP contribution in [0.5, 0.6) is 0 Å². The maximum atomic E-state index is 12.1. The number of hydrogen-bond acceptors (Lipinski definition) is 4. The summed E-state index contributed by atoms with van der Waals surface area (Å²) in [5.41, 5.74) is 0.827. The van der Waals surface area contributed by atoms with Crippen LogP contribution in [0, 0.1) is 0 Å². The minimum Gasteiger partial charge on any atom is -0.237 e. The van der Waals surface area contributed by atoms with E-state index in [1.165, 1.54) is 4.31 Å². The number of rotatable bonds is 8. The van der Waals surface area contributed by atoms with Crippen LogP contribution in [0.25, 0.3) is 5.82 Å². The van der Waals surface area contributed by atoms with E-state index in [0.717, 1.165) is 18.4 Å². The third-order valence-electron chi connectivity index (χ3n) is 3.24. The van der Waals surface area contributed by atoms with Crippen LogP contribution in [-0.2, 0) is 16.8 Å². The lowest BCUT2D eigenvalue weighted by Crippen LogP contribution is -2.38. The van der Waals surface area contributed by atoms with Gasteiger partial charge in [-0.1, -0.05) is 13.3 Å². The Hall–Kier alpha value is -1.77. The molecule has 0 bridgehead atoms. The van der Waals surface area contributed by atoms with Gasteiger partial charge in [0.05, 0.1) is 0 Å². The van der Waals surface area contributed by atoms with Crippen molar-refractivity contribution < 1.29 is 8.42 Å². The Labute approximate surface area is 131 Å². The van der Waals surface area contributed by atoms with Gasteiger partial charge in [-0.25, -0.2) is 9.67 Å². The van der Waals surface area contributed by atoms with Crippen LogP contribution in [0.15, 0.2) is 36.8 Å². The van der Waals surface area contributed by atoms with Crippen LogP contribution in [0.1, 0.15) is 25.3 Å². The fourth-order valence-corrected chi connectivity index (χ4v) is 2.82. The molecule has 2 aromatic rings.